The number of fused-ring (bicyclic) bond motifs is 1. The molecule has 3 aromatic carbocycles. The largest absolute Gasteiger partial charge is 0.522 e. The van der Waals surface area contributed by atoms with Gasteiger partial charge in [0.2, 0.25) is 11.8 Å². The molecule has 8 nitrogen and oxygen atoms in total. The molecule has 4 aromatic rings. The Morgan fingerprint density at radius 2 is 1.50 bits per heavy atom. The predicted octanol–water partition coefficient (Wildman–Crippen LogP) is 7.32. The van der Waals surface area contributed by atoms with Crippen molar-refractivity contribution in [1.82, 2.24) is 9.88 Å². The Kier molecular flexibility index (Phi) is 8.55. The van der Waals surface area contributed by atoms with Crippen molar-refractivity contribution in [3.05, 3.63) is 119 Å². The molecule has 1 aliphatic carbocycles. The Bertz CT molecular complexity index is 1790. The van der Waals surface area contributed by atoms with Crippen molar-refractivity contribution in [2.75, 3.05) is 18.0 Å². The highest BCUT2D eigenvalue weighted by atomic mass is 19.4. The van der Waals surface area contributed by atoms with E-state index in [1.165, 1.54) is 0 Å². The third-order valence-corrected chi connectivity index (χ3v) is 9.34. The fourth-order valence-corrected chi connectivity index (χ4v) is 6.83. The Morgan fingerprint density at radius 3 is 2.15 bits per heavy atom. The molecule has 0 bridgehead atoms. The zero-order valence-corrected chi connectivity index (χ0v) is 26.1. The SMILES string of the molecule is O=C(c1ccc2c(c1)CN(c1ccc(OCc3ccccc3)nc1OCc1ccccc1)C2=O)N1CC2(CCC(OC(F)(F)F)CC2)C1. The molecular formula is C37H34F3N3O5. The van der Waals surface area contributed by atoms with Crippen LogP contribution in [0.5, 0.6) is 11.8 Å². The summed E-state index contributed by atoms with van der Waals surface area (Å²) in [4.78, 5) is 35.0. The molecule has 0 atom stereocenters. The average molecular weight is 658 g/mol. The van der Waals surface area contributed by atoms with Gasteiger partial charge in [-0.1, -0.05) is 60.7 Å². The van der Waals surface area contributed by atoms with Crippen LogP contribution in [0.2, 0.25) is 0 Å². The number of alkyl halides is 3. The lowest BCUT2D eigenvalue weighted by atomic mass is 9.68. The maximum atomic E-state index is 13.7. The lowest BCUT2D eigenvalue weighted by molar-refractivity contribution is -0.347. The smallest absolute Gasteiger partial charge is 0.473 e. The van der Waals surface area contributed by atoms with E-state index in [2.05, 4.69) is 9.72 Å². The molecule has 1 spiro atoms. The number of carbonyl (C=O) groups excluding carboxylic acids is 2. The second-order valence-electron chi connectivity index (χ2n) is 12.7. The van der Waals surface area contributed by atoms with Crippen molar-refractivity contribution in [1.29, 1.82) is 0 Å². The Balaban J connectivity index is 1.04. The molecule has 2 aliphatic heterocycles. The number of rotatable bonds is 9. The monoisotopic (exact) mass is 657 g/mol. The number of benzene rings is 3. The molecule has 1 aromatic heterocycles. The van der Waals surface area contributed by atoms with Gasteiger partial charge in [-0.2, -0.15) is 4.98 Å². The van der Waals surface area contributed by atoms with Gasteiger partial charge in [-0.25, -0.2) is 0 Å². The van der Waals surface area contributed by atoms with E-state index >= 15 is 0 Å². The van der Waals surface area contributed by atoms with Gasteiger partial charge in [0.1, 0.15) is 18.9 Å². The summed E-state index contributed by atoms with van der Waals surface area (Å²) in [5, 5.41) is 0. The first kappa shape index (κ1) is 31.7. The summed E-state index contributed by atoms with van der Waals surface area (Å²) in [6.45, 7) is 1.79. The van der Waals surface area contributed by atoms with Gasteiger partial charge in [0, 0.05) is 35.7 Å². The van der Waals surface area contributed by atoms with Gasteiger partial charge >= 0.3 is 6.36 Å². The number of aromatic nitrogens is 1. The van der Waals surface area contributed by atoms with E-state index in [-0.39, 0.29) is 36.3 Å². The second kappa shape index (κ2) is 13.0. The van der Waals surface area contributed by atoms with E-state index in [0.29, 0.717) is 73.6 Å². The lowest BCUT2D eigenvalue weighted by Gasteiger charge is -2.53. The van der Waals surface area contributed by atoms with Crippen molar-refractivity contribution in [2.45, 2.75) is 57.9 Å². The van der Waals surface area contributed by atoms with Crippen molar-refractivity contribution >= 4 is 17.5 Å². The van der Waals surface area contributed by atoms with Crippen LogP contribution >= 0.6 is 0 Å². The Labute approximate surface area is 276 Å². The molecule has 3 heterocycles. The number of hydrogen-bond donors (Lipinski definition) is 0. The molecule has 11 heteroatoms. The summed E-state index contributed by atoms with van der Waals surface area (Å²) in [6.07, 6.45) is -3.63. The summed E-state index contributed by atoms with van der Waals surface area (Å²) in [7, 11) is 0. The van der Waals surface area contributed by atoms with Crippen LogP contribution in [-0.2, 0) is 24.5 Å². The number of carbonyl (C=O) groups is 2. The first-order valence-corrected chi connectivity index (χ1v) is 16.0. The molecule has 1 saturated carbocycles. The van der Waals surface area contributed by atoms with Gasteiger partial charge in [-0.15, -0.1) is 13.2 Å². The minimum atomic E-state index is -4.63. The highest BCUT2D eigenvalue weighted by Gasteiger charge is 2.48. The van der Waals surface area contributed by atoms with Crippen LogP contribution in [0.25, 0.3) is 0 Å². The van der Waals surface area contributed by atoms with E-state index in [4.69, 9.17) is 9.47 Å². The molecule has 248 valence electrons. The summed E-state index contributed by atoms with van der Waals surface area (Å²) < 4.78 is 54.2. The second-order valence-corrected chi connectivity index (χ2v) is 12.7. The Morgan fingerprint density at radius 1 is 0.854 bits per heavy atom. The fourth-order valence-electron chi connectivity index (χ4n) is 6.83. The van der Waals surface area contributed by atoms with Crippen LogP contribution in [0.4, 0.5) is 18.9 Å². The molecule has 0 N–H and O–H groups in total. The minimum Gasteiger partial charge on any atom is -0.473 e. The van der Waals surface area contributed by atoms with Crippen molar-refractivity contribution in [3.8, 4) is 11.8 Å². The number of nitrogens with zero attached hydrogens (tertiary/aromatic N) is 3. The van der Waals surface area contributed by atoms with Crippen LogP contribution in [0.1, 0.15) is 63.1 Å². The van der Waals surface area contributed by atoms with Gasteiger partial charge in [-0.05, 0) is 66.6 Å². The highest BCUT2D eigenvalue weighted by Crippen LogP contribution is 2.46. The first-order chi connectivity index (χ1) is 23.1. The van der Waals surface area contributed by atoms with Crippen LogP contribution in [0.15, 0.2) is 91.0 Å². The molecular weight excluding hydrogens is 623 g/mol. The number of halogens is 3. The summed E-state index contributed by atoms with van der Waals surface area (Å²) in [5.41, 5.74) is 3.93. The van der Waals surface area contributed by atoms with Gasteiger partial charge in [0.15, 0.2) is 0 Å². The first-order valence-electron chi connectivity index (χ1n) is 16.0. The van der Waals surface area contributed by atoms with E-state index in [1.54, 1.807) is 40.1 Å². The summed E-state index contributed by atoms with van der Waals surface area (Å²) in [5.74, 6) is 0.227. The standard InChI is InChI=1S/C37H34F3N3O5/c38-37(39,40)48-29-15-17-36(18-16-29)23-42(24-36)34(44)27-11-12-30-28(19-27)20-43(35(30)45)31-13-14-32(46-21-25-7-3-1-4-8-25)41-33(31)47-22-26-9-5-2-6-10-26/h1-14,19,29H,15-18,20-24H2. The van der Waals surface area contributed by atoms with E-state index in [9.17, 15) is 22.8 Å². The van der Waals surface area contributed by atoms with E-state index in [1.807, 2.05) is 60.7 Å². The quantitative estimate of drug-likeness (QED) is 0.188. The molecule has 48 heavy (non-hydrogen) atoms. The normalized spacial score (nSPS) is 17.3. The minimum absolute atomic E-state index is 0.156. The third-order valence-electron chi connectivity index (χ3n) is 9.34. The molecule has 0 radical (unpaired) electrons. The maximum absolute atomic E-state index is 13.7. The molecule has 7 rings (SSSR count). The Hall–Kier alpha value is -4.90. The number of anilines is 1. The van der Waals surface area contributed by atoms with Crippen molar-refractivity contribution in [2.24, 2.45) is 5.41 Å². The molecule has 0 unspecified atom stereocenters. The van der Waals surface area contributed by atoms with Gasteiger partial charge in [0.25, 0.3) is 11.8 Å². The fraction of sp³-hybridized carbons (Fsp3) is 0.324. The number of likely N-dealkylation sites (tertiary alicyclic amines) is 1. The number of hydrogen-bond acceptors (Lipinski definition) is 6. The molecule has 1 saturated heterocycles. The lowest BCUT2D eigenvalue weighted by Crippen LogP contribution is -2.60. The molecule has 3 aliphatic rings. The van der Waals surface area contributed by atoms with Crippen molar-refractivity contribution in [3.63, 3.8) is 0 Å². The third kappa shape index (κ3) is 6.87. The van der Waals surface area contributed by atoms with Crippen LogP contribution in [-0.4, -0.2) is 47.3 Å². The number of amides is 2. The number of pyridine rings is 1. The topological polar surface area (TPSA) is 81.2 Å². The summed E-state index contributed by atoms with van der Waals surface area (Å²) >= 11 is 0. The maximum Gasteiger partial charge on any atom is 0.522 e. The van der Waals surface area contributed by atoms with Gasteiger partial charge in [0.05, 0.1) is 12.6 Å². The number of ether oxygens (including phenoxy) is 3. The van der Waals surface area contributed by atoms with Crippen LogP contribution in [0, 0.1) is 5.41 Å². The predicted molar refractivity (Wildman–Crippen MR) is 170 cm³/mol. The summed E-state index contributed by atoms with van der Waals surface area (Å²) in [6, 6.07) is 27.9. The van der Waals surface area contributed by atoms with Gasteiger partial charge < -0.3 is 14.4 Å². The van der Waals surface area contributed by atoms with Crippen molar-refractivity contribution < 1.29 is 37.0 Å². The molecule has 2 fully saturated rings. The zero-order valence-electron chi connectivity index (χ0n) is 26.1. The van der Waals surface area contributed by atoms with Gasteiger partial charge in [-0.3, -0.25) is 19.2 Å². The van der Waals surface area contributed by atoms with Crippen LogP contribution in [0.3, 0.4) is 0 Å². The van der Waals surface area contributed by atoms with E-state index < -0.39 is 12.5 Å². The highest BCUT2D eigenvalue weighted by molar-refractivity contribution is 6.11. The zero-order chi connectivity index (χ0) is 33.3. The molecule has 2 amide bonds. The average Bonchev–Trinajstić information content (AvgIpc) is 3.40. The van der Waals surface area contributed by atoms with E-state index in [0.717, 1.165) is 11.1 Å². The van der Waals surface area contributed by atoms with Crippen LogP contribution < -0.4 is 14.4 Å².